The molecule has 2 aromatic carbocycles. The topological polar surface area (TPSA) is 110 Å². The van der Waals surface area contributed by atoms with Crippen molar-refractivity contribution in [2.24, 2.45) is 10.8 Å². The molecule has 8 nitrogen and oxygen atoms in total. The third kappa shape index (κ3) is 7.29. The van der Waals surface area contributed by atoms with Crippen LogP contribution in [0.15, 0.2) is 48.5 Å². The van der Waals surface area contributed by atoms with Crippen molar-refractivity contribution in [3.8, 4) is 0 Å². The fourth-order valence-corrected chi connectivity index (χ4v) is 4.59. The van der Waals surface area contributed by atoms with Gasteiger partial charge in [-0.05, 0) is 35.3 Å². The highest BCUT2D eigenvalue weighted by molar-refractivity contribution is 5.78. The smallest absolute Gasteiger partial charge is 0.274 e. The van der Waals surface area contributed by atoms with Gasteiger partial charge in [-0.2, -0.15) is 0 Å². The van der Waals surface area contributed by atoms with E-state index in [4.69, 9.17) is 5.73 Å². The molecule has 0 aliphatic carbocycles. The Bertz CT molecular complexity index is 1110. The number of likely N-dealkylation sites (tertiary alicyclic amines) is 2. The van der Waals surface area contributed by atoms with Gasteiger partial charge in [0.05, 0.1) is 11.5 Å². The molecule has 2 aromatic rings. The summed E-state index contributed by atoms with van der Waals surface area (Å²) in [4.78, 5) is 38.2. The van der Waals surface area contributed by atoms with E-state index in [0.717, 1.165) is 30.6 Å². The number of nitrogens with zero attached hydrogens (tertiary/aromatic N) is 3. The molecule has 0 unspecified atom stereocenters. The lowest BCUT2D eigenvalue weighted by atomic mass is 9.82. The molecule has 0 radical (unpaired) electrons. The molecule has 2 aliphatic rings. The number of carbonyl (C=O) groups excluding carboxylic acids is 2. The predicted molar refractivity (Wildman–Crippen MR) is 141 cm³/mol. The molecule has 2 aliphatic heterocycles. The van der Waals surface area contributed by atoms with E-state index in [1.54, 1.807) is 23.1 Å². The number of nitrogens with two attached hydrogens (primary N) is 1. The Balaban J connectivity index is 0.000000202. The van der Waals surface area contributed by atoms with Crippen molar-refractivity contribution in [1.82, 2.24) is 9.80 Å². The minimum atomic E-state index is -0.395. The first-order valence-electron chi connectivity index (χ1n) is 12.5. The number of para-hydroxylation sites is 2. The van der Waals surface area contributed by atoms with Gasteiger partial charge in [0.25, 0.3) is 5.69 Å². The zero-order chi connectivity index (χ0) is 26.5. The highest BCUT2D eigenvalue weighted by atomic mass is 16.6. The fraction of sp³-hybridized carbons (Fsp3) is 0.500. The van der Waals surface area contributed by atoms with Crippen LogP contribution >= 0.6 is 0 Å². The number of nitrogen functional groups attached to an aromatic ring is 1. The molecule has 36 heavy (non-hydrogen) atoms. The normalized spacial score (nSPS) is 18.9. The van der Waals surface area contributed by atoms with Crippen LogP contribution in [0.5, 0.6) is 0 Å². The summed E-state index contributed by atoms with van der Waals surface area (Å²) in [5.41, 5.74) is 8.58. The number of benzene rings is 2. The molecule has 2 heterocycles. The molecule has 2 fully saturated rings. The van der Waals surface area contributed by atoms with E-state index in [1.807, 2.05) is 29.2 Å². The predicted octanol–water partition coefficient (Wildman–Crippen LogP) is 5.16. The second-order valence-electron chi connectivity index (χ2n) is 11.4. The van der Waals surface area contributed by atoms with Crippen molar-refractivity contribution in [3.05, 3.63) is 69.8 Å². The number of hydrogen-bond acceptors (Lipinski definition) is 5. The lowest BCUT2D eigenvalue weighted by molar-refractivity contribution is -0.385. The number of rotatable bonds is 5. The zero-order valence-electron chi connectivity index (χ0n) is 21.8. The molecule has 2 amide bonds. The lowest BCUT2D eigenvalue weighted by Crippen LogP contribution is -2.41. The molecule has 0 saturated carbocycles. The van der Waals surface area contributed by atoms with Crippen molar-refractivity contribution in [3.63, 3.8) is 0 Å². The molecule has 0 spiro atoms. The van der Waals surface area contributed by atoms with Crippen molar-refractivity contribution < 1.29 is 14.5 Å². The van der Waals surface area contributed by atoms with Gasteiger partial charge in [-0.15, -0.1) is 0 Å². The van der Waals surface area contributed by atoms with Crippen LogP contribution in [0.25, 0.3) is 0 Å². The maximum Gasteiger partial charge on any atom is 0.274 e. The van der Waals surface area contributed by atoms with Crippen LogP contribution in [-0.2, 0) is 22.7 Å². The maximum atomic E-state index is 12.1. The van der Waals surface area contributed by atoms with E-state index in [2.05, 4.69) is 27.7 Å². The molecule has 194 valence electrons. The summed E-state index contributed by atoms with van der Waals surface area (Å²) in [7, 11) is 0. The number of anilines is 1. The zero-order valence-corrected chi connectivity index (χ0v) is 21.8. The second kappa shape index (κ2) is 11.1. The number of nitro groups is 1. The molecule has 2 N–H and O–H groups in total. The standard InChI is InChI=1S/C14H18N2O3.C14H20N2O/c1-14(2)7-8-15(13(17)9-14)10-11-5-3-4-6-12(11)16(18)19;1-14(2)7-8-16(13(17)9-14)10-11-5-3-4-6-12(11)15/h3-6H,7-10H2,1-2H3;3-6H,7-10,15H2,1-2H3. The van der Waals surface area contributed by atoms with Crippen LogP contribution in [0.1, 0.15) is 64.5 Å². The summed E-state index contributed by atoms with van der Waals surface area (Å²) in [5, 5.41) is 11.0. The minimum Gasteiger partial charge on any atom is -0.398 e. The Kier molecular flexibility index (Phi) is 8.38. The highest BCUT2D eigenvalue weighted by Gasteiger charge is 2.32. The Morgan fingerprint density at radius 1 is 0.806 bits per heavy atom. The van der Waals surface area contributed by atoms with E-state index in [9.17, 15) is 19.7 Å². The Morgan fingerprint density at radius 2 is 1.25 bits per heavy atom. The second-order valence-corrected chi connectivity index (χ2v) is 11.4. The largest absolute Gasteiger partial charge is 0.398 e. The van der Waals surface area contributed by atoms with E-state index in [1.165, 1.54) is 6.07 Å². The maximum absolute atomic E-state index is 12.1. The van der Waals surface area contributed by atoms with Crippen LogP contribution < -0.4 is 5.73 Å². The first-order chi connectivity index (χ1) is 16.9. The third-order valence-corrected chi connectivity index (χ3v) is 7.05. The molecule has 2 saturated heterocycles. The van der Waals surface area contributed by atoms with E-state index in [0.29, 0.717) is 38.0 Å². The average molecular weight is 495 g/mol. The van der Waals surface area contributed by atoms with E-state index in [-0.39, 0.29) is 28.3 Å². The Morgan fingerprint density at radius 3 is 1.72 bits per heavy atom. The fourth-order valence-electron chi connectivity index (χ4n) is 4.59. The number of carbonyl (C=O) groups is 2. The monoisotopic (exact) mass is 494 g/mol. The number of amides is 2. The van der Waals surface area contributed by atoms with Gasteiger partial charge in [0, 0.05) is 49.8 Å². The summed E-state index contributed by atoms with van der Waals surface area (Å²) in [6.45, 7) is 10.9. The van der Waals surface area contributed by atoms with Crippen molar-refractivity contribution in [1.29, 1.82) is 0 Å². The molecule has 4 rings (SSSR count). The number of piperidine rings is 2. The van der Waals surface area contributed by atoms with Gasteiger partial charge in [-0.1, -0.05) is 64.1 Å². The van der Waals surface area contributed by atoms with Gasteiger partial charge in [-0.25, -0.2) is 0 Å². The molecular weight excluding hydrogens is 456 g/mol. The van der Waals surface area contributed by atoms with Crippen molar-refractivity contribution in [2.45, 2.75) is 66.5 Å². The average Bonchev–Trinajstić information content (AvgIpc) is 2.79. The lowest BCUT2D eigenvalue weighted by Gasteiger charge is -2.36. The van der Waals surface area contributed by atoms with Gasteiger partial charge in [0.1, 0.15) is 0 Å². The van der Waals surface area contributed by atoms with Crippen LogP contribution in [0.4, 0.5) is 11.4 Å². The molecular formula is C28H38N4O4. The first-order valence-corrected chi connectivity index (χ1v) is 12.5. The van der Waals surface area contributed by atoms with Gasteiger partial charge in [-0.3, -0.25) is 19.7 Å². The van der Waals surface area contributed by atoms with Gasteiger partial charge in [0.15, 0.2) is 0 Å². The van der Waals surface area contributed by atoms with Crippen molar-refractivity contribution in [2.75, 3.05) is 18.8 Å². The summed E-state index contributed by atoms with van der Waals surface area (Å²) in [6.07, 6.45) is 3.14. The summed E-state index contributed by atoms with van der Waals surface area (Å²) < 4.78 is 0. The Hall–Kier alpha value is -3.42. The highest BCUT2D eigenvalue weighted by Crippen LogP contribution is 2.33. The summed E-state index contributed by atoms with van der Waals surface area (Å²) >= 11 is 0. The van der Waals surface area contributed by atoms with Crippen LogP contribution in [0.3, 0.4) is 0 Å². The van der Waals surface area contributed by atoms with Crippen LogP contribution in [0.2, 0.25) is 0 Å². The van der Waals surface area contributed by atoms with Gasteiger partial charge >= 0.3 is 0 Å². The van der Waals surface area contributed by atoms with E-state index < -0.39 is 4.92 Å². The van der Waals surface area contributed by atoms with Crippen LogP contribution in [0, 0.1) is 20.9 Å². The quantitative estimate of drug-likeness (QED) is 0.351. The number of hydrogen-bond donors (Lipinski definition) is 1. The minimum absolute atomic E-state index is 0.0379. The molecule has 0 atom stereocenters. The first kappa shape index (κ1) is 27.2. The molecule has 8 heteroatoms. The summed E-state index contributed by atoms with van der Waals surface area (Å²) in [6, 6.07) is 14.3. The van der Waals surface area contributed by atoms with Gasteiger partial charge < -0.3 is 15.5 Å². The third-order valence-electron chi connectivity index (χ3n) is 7.05. The SMILES string of the molecule is CC1(C)CCN(Cc2ccccc2N)C(=O)C1.CC1(C)CCN(Cc2ccccc2[N+](=O)[O-])C(=O)C1. The van der Waals surface area contributed by atoms with Crippen LogP contribution in [-0.4, -0.2) is 39.6 Å². The molecule has 0 bridgehead atoms. The van der Waals surface area contributed by atoms with Crippen molar-refractivity contribution >= 4 is 23.2 Å². The van der Waals surface area contributed by atoms with Gasteiger partial charge in [0.2, 0.25) is 11.8 Å². The molecule has 0 aromatic heterocycles. The Labute approximate surface area is 213 Å². The number of nitro benzene ring substituents is 1. The summed E-state index contributed by atoms with van der Waals surface area (Å²) in [5.74, 6) is 0.318. The van der Waals surface area contributed by atoms with E-state index >= 15 is 0 Å².